The molecule has 1 aromatic heterocycles. The fraction of sp³-hybridized carbons (Fsp3) is 0.591. The molecule has 3 N–H and O–H groups in total. The van der Waals surface area contributed by atoms with Crippen LogP contribution in [-0.4, -0.2) is 68.3 Å². The third-order valence-electron chi connectivity index (χ3n) is 5.60. The normalized spacial score (nSPS) is 17.2. The molecule has 0 radical (unpaired) electrons. The van der Waals surface area contributed by atoms with Gasteiger partial charge in [0.1, 0.15) is 0 Å². The van der Waals surface area contributed by atoms with Gasteiger partial charge in [-0.25, -0.2) is 0 Å². The third kappa shape index (κ3) is 5.26. The lowest BCUT2D eigenvalue weighted by Crippen LogP contribution is -2.52. The minimum absolute atomic E-state index is 0.485. The second-order valence-electron chi connectivity index (χ2n) is 7.95. The number of aromatic amines is 1. The number of hydrogen-bond acceptors (Lipinski definition) is 3. The summed E-state index contributed by atoms with van der Waals surface area (Å²) in [5, 5.41) is 8.29. The van der Waals surface area contributed by atoms with Gasteiger partial charge in [0.15, 0.2) is 5.96 Å². The zero-order valence-electron chi connectivity index (χ0n) is 17.7. The summed E-state index contributed by atoms with van der Waals surface area (Å²) in [5.41, 5.74) is 3.83. The predicted octanol–water partition coefficient (Wildman–Crippen LogP) is 2.54. The summed E-state index contributed by atoms with van der Waals surface area (Å²) in [7, 11) is 1.84. The van der Waals surface area contributed by atoms with Gasteiger partial charge in [0.2, 0.25) is 0 Å². The van der Waals surface area contributed by atoms with Crippen LogP contribution in [0.4, 0.5) is 0 Å². The van der Waals surface area contributed by atoms with Gasteiger partial charge in [-0.1, -0.05) is 26.0 Å². The summed E-state index contributed by atoms with van der Waals surface area (Å²) in [6.45, 7) is 12.1. The van der Waals surface area contributed by atoms with Crippen molar-refractivity contribution in [2.45, 2.75) is 33.2 Å². The van der Waals surface area contributed by atoms with Crippen LogP contribution < -0.4 is 10.6 Å². The Hall–Kier alpha value is -2.05. The van der Waals surface area contributed by atoms with E-state index < -0.39 is 0 Å². The van der Waals surface area contributed by atoms with E-state index in [2.05, 4.69) is 70.7 Å². The number of nitrogens with zero attached hydrogens (tertiary/aromatic N) is 2. The zero-order chi connectivity index (χ0) is 19.9. The average Bonchev–Trinajstić information content (AvgIpc) is 3.09. The molecule has 1 atom stereocenters. The van der Waals surface area contributed by atoms with Gasteiger partial charge < -0.3 is 20.4 Å². The molecule has 0 saturated carbocycles. The quantitative estimate of drug-likeness (QED) is 0.506. The Labute approximate surface area is 168 Å². The van der Waals surface area contributed by atoms with Crippen molar-refractivity contribution in [1.82, 2.24) is 20.5 Å². The number of nitrogens with one attached hydrogen (secondary N) is 3. The third-order valence-corrected chi connectivity index (χ3v) is 5.60. The van der Waals surface area contributed by atoms with E-state index in [1.54, 1.807) is 0 Å². The summed E-state index contributed by atoms with van der Waals surface area (Å²) in [4.78, 5) is 10.3. The molecule has 2 aromatic rings. The molecule has 1 saturated heterocycles. The molecule has 1 fully saturated rings. The number of guanidine groups is 1. The van der Waals surface area contributed by atoms with Gasteiger partial charge in [-0.15, -0.1) is 0 Å². The first kappa shape index (κ1) is 20.7. The highest BCUT2D eigenvalue weighted by atomic mass is 16.5. The van der Waals surface area contributed by atoms with E-state index in [1.165, 1.54) is 22.0 Å². The number of hydrogen-bond donors (Lipinski definition) is 3. The Balaban J connectivity index is 1.49. The number of H-pyrrole nitrogens is 1. The van der Waals surface area contributed by atoms with Crippen LogP contribution >= 0.6 is 0 Å². The van der Waals surface area contributed by atoms with Crippen LogP contribution in [0, 0.1) is 12.8 Å². The van der Waals surface area contributed by atoms with Gasteiger partial charge in [-0.2, -0.15) is 0 Å². The fourth-order valence-corrected chi connectivity index (χ4v) is 3.94. The van der Waals surface area contributed by atoms with Crippen LogP contribution in [0.2, 0.25) is 0 Å². The molecule has 0 bridgehead atoms. The Morgan fingerprint density at radius 3 is 2.75 bits per heavy atom. The molecule has 6 heteroatoms. The molecular weight excluding hydrogens is 350 g/mol. The first-order chi connectivity index (χ1) is 13.6. The summed E-state index contributed by atoms with van der Waals surface area (Å²) < 4.78 is 5.50. The highest BCUT2D eigenvalue weighted by Gasteiger charge is 2.23. The predicted molar refractivity (Wildman–Crippen MR) is 117 cm³/mol. The van der Waals surface area contributed by atoms with Crippen LogP contribution in [0.5, 0.6) is 0 Å². The Morgan fingerprint density at radius 2 is 2.04 bits per heavy atom. The summed E-state index contributed by atoms with van der Waals surface area (Å²) in [6, 6.07) is 7.06. The molecule has 0 spiro atoms. The molecule has 28 heavy (non-hydrogen) atoms. The van der Waals surface area contributed by atoms with E-state index in [-0.39, 0.29) is 0 Å². The molecule has 0 aliphatic carbocycles. The summed E-state index contributed by atoms with van der Waals surface area (Å²) in [6.07, 6.45) is 3.08. The number of aryl methyl sites for hydroxylation is 1. The van der Waals surface area contributed by atoms with Gasteiger partial charge in [-0.3, -0.25) is 9.89 Å². The zero-order valence-corrected chi connectivity index (χ0v) is 17.7. The maximum absolute atomic E-state index is 5.50. The topological polar surface area (TPSA) is 64.7 Å². The number of benzene rings is 1. The first-order valence-corrected chi connectivity index (χ1v) is 10.4. The average molecular weight is 386 g/mol. The number of ether oxygens (including phenoxy) is 1. The van der Waals surface area contributed by atoms with Crippen LogP contribution in [0.1, 0.15) is 25.0 Å². The van der Waals surface area contributed by atoms with Crippen LogP contribution in [-0.2, 0) is 11.2 Å². The maximum Gasteiger partial charge on any atom is 0.191 e. The lowest BCUT2D eigenvalue weighted by molar-refractivity contribution is 0.00752. The van der Waals surface area contributed by atoms with Gasteiger partial charge in [0, 0.05) is 56.4 Å². The molecule has 1 aliphatic heterocycles. The van der Waals surface area contributed by atoms with Crippen molar-refractivity contribution in [2.24, 2.45) is 10.9 Å². The van der Waals surface area contributed by atoms with Gasteiger partial charge in [-0.05, 0) is 36.5 Å². The number of morpholine rings is 1. The minimum Gasteiger partial charge on any atom is -0.379 e. The Morgan fingerprint density at radius 1 is 1.25 bits per heavy atom. The summed E-state index contributed by atoms with van der Waals surface area (Å²) >= 11 is 0. The molecular formula is C22H35N5O. The maximum atomic E-state index is 5.50. The van der Waals surface area contributed by atoms with Crippen molar-refractivity contribution in [1.29, 1.82) is 0 Å². The van der Waals surface area contributed by atoms with E-state index in [0.29, 0.717) is 12.0 Å². The van der Waals surface area contributed by atoms with E-state index >= 15 is 0 Å². The lowest BCUT2D eigenvalue weighted by Gasteiger charge is -2.37. The van der Waals surface area contributed by atoms with Crippen molar-refractivity contribution < 1.29 is 4.74 Å². The number of fused-ring (bicyclic) bond motifs is 1. The number of rotatable bonds is 7. The van der Waals surface area contributed by atoms with Crippen molar-refractivity contribution >= 4 is 16.9 Å². The van der Waals surface area contributed by atoms with Crippen LogP contribution in [0.25, 0.3) is 10.9 Å². The molecule has 1 aromatic carbocycles. The SMILES string of the molecule is CN=C(NCCc1c[nH]c2cc(C)ccc12)NCC(C(C)C)N1CCOCC1. The van der Waals surface area contributed by atoms with E-state index in [1.807, 2.05) is 7.05 Å². The molecule has 154 valence electrons. The van der Waals surface area contributed by atoms with Crippen molar-refractivity contribution in [3.8, 4) is 0 Å². The highest BCUT2D eigenvalue weighted by molar-refractivity contribution is 5.84. The molecule has 3 rings (SSSR count). The van der Waals surface area contributed by atoms with Gasteiger partial charge in [0.05, 0.1) is 13.2 Å². The minimum atomic E-state index is 0.485. The van der Waals surface area contributed by atoms with E-state index in [0.717, 1.165) is 51.8 Å². The van der Waals surface area contributed by atoms with Gasteiger partial charge >= 0.3 is 0 Å². The number of aliphatic imine (C=N–C) groups is 1. The molecule has 6 nitrogen and oxygen atoms in total. The second kappa shape index (κ2) is 9.94. The van der Waals surface area contributed by atoms with Crippen molar-refractivity contribution in [2.75, 3.05) is 46.4 Å². The molecule has 1 aliphatic rings. The lowest BCUT2D eigenvalue weighted by atomic mass is 10.0. The monoisotopic (exact) mass is 385 g/mol. The molecule has 1 unspecified atom stereocenters. The second-order valence-corrected chi connectivity index (χ2v) is 7.95. The van der Waals surface area contributed by atoms with Crippen molar-refractivity contribution in [3.63, 3.8) is 0 Å². The van der Waals surface area contributed by atoms with Crippen LogP contribution in [0.3, 0.4) is 0 Å². The van der Waals surface area contributed by atoms with Gasteiger partial charge in [0.25, 0.3) is 0 Å². The summed E-state index contributed by atoms with van der Waals surface area (Å²) in [5.74, 6) is 1.45. The van der Waals surface area contributed by atoms with E-state index in [4.69, 9.17) is 4.74 Å². The fourth-order valence-electron chi connectivity index (χ4n) is 3.94. The number of aromatic nitrogens is 1. The highest BCUT2D eigenvalue weighted by Crippen LogP contribution is 2.19. The Kier molecular flexibility index (Phi) is 7.34. The van der Waals surface area contributed by atoms with E-state index in [9.17, 15) is 0 Å². The van der Waals surface area contributed by atoms with Crippen molar-refractivity contribution in [3.05, 3.63) is 35.5 Å². The Bertz CT molecular complexity index is 776. The molecule has 0 amide bonds. The first-order valence-electron chi connectivity index (χ1n) is 10.4. The van der Waals surface area contributed by atoms with Crippen LogP contribution in [0.15, 0.2) is 29.4 Å². The molecule has 2 heterocycles. The standard InChI is InChI=1S/C22H35N5O/c1-16(2)21(27-9-11-28-12-10-27)15-26-22(23-4)24-8-7-18-14-25-20-13-17(3)5-6-19(18)20/h5-6,13-14,16,21,25H,7-12,15H2,1-4H3,(H2,23,24,26). The smallest absolute Gasteiger partial charge is 0.191 e. The largest absolute Gasteiger partial charge is 0.379 e.